The van der Waals surface area contributed by atoms with Crippen molar-refractivity contribution in [2.45, 2.75) is 6.42 Å². The average molecular weight is 241 g/mol. The third kappa shape index (κ3) is 1.88. The van der Waals surface area contributed by atoms with Crippen LogP contribution >= 0.6 is 0 Å². The van der Waals surface area contributed by atoms with Crippen LogP contribution in [0, 0.1) is 5.82 Å². The first kappa shape index (κ1) is 11.0. The second-order valence-electron chi connectivity index (χ2n) is 4.39. The number of anilines is 1. The lowest BCUT2D eigenvalue weighted by atomic mass is 10.0. The molecule has 0 bridgehead atoms. The van der Waals surface area contributed by atoms with Gasteiger partial charge in [-0.1, -0.05) is 24.3 Å². The summed E-state index contributed by atoms with van der Waals surface area (Å²) < 4.78 is 13.1. The standard InChI is InChI=1S/C15H12FNO/c16-13-3-1-2-11(8-13)15(18)12-5-4-10-6-7-17-14(10)9-12/h1-5,8-9,17H,6-7H2. The predicted molar refractivity (Wildman–Crippen MR) is 68.5 cm³/mol. The maximum Gasteiger partial charge on any atom is 0.193 e. The summed E-state index contributed by atoms with van der Waals surface area (Å²) in [4.78, 5) is 12.2. The molecule has 0 saturated heterocycles. The van der Waals surface area contributed by atoms with E-state index >= 15 is 0 Å². The molecule has 0 unspecified atom stereocenters. The highest BCUT2D eigenvalue weighted by molar-refractivity contribution is 6.09. The topological polar surface area (TPSA) is 29.1 Å². The predicted octanol–water partition coefficient (Wildman–Crippen LogP) is 3.02. The summed E-state index contributed by atoms with van der Waals surface area (Å²) in [6.45, 7) is 0.910. The van der Waals surface area contributed by atoms with Gasteiger partial charge in [0, 0.05) is 23.4 Å². The number of hydrogen-bond acceptors (Lipinski definition) is 2. The maximum absolute atomic E-state index is 13.1. The number of hydrogen-bond donors (Lipinski definition) is 1. The number of rotatable bonds is 2. The molecule has 1 heterocycles. The molecule has 2 nitrogen and oxygen atoms in total. The van der Waals surface area contributed by atoms with E-state index in [0.717, 1.165) is 18.7 Å². The van der Waals surface area contributed by atoms with Crippen LogP contribution in [-0.2, 0) is 6.42 Å². The molecule has 90 valence electrons. The van der Waals surface area contributed by atoms with Gasteiger partial charge in [-0.05, 0) is 30.2 Å². The lowest BCUT2D eigenvalue weighted by molar-refractivity contribution is 0.103. The van der Waals surface area contributed by atoms with E-state index in [-0.39, 0.29) is 11.6 Å². The molecule has 0 aliphatic carbocycles. The Balaban J connectivity index is 1.98. The van der Waals surface area contributed by atoms with Crippen LogP contribution in [0.3, 0.4) is 0 Å². The molecule has 1 aliphatic heterocycles. The zero-order chi connectivity index (χ0) is 12.5. The zero-order valence-corrected chi connectivity index (χ0v) is 9.74. The minimum absolute atomic E-state index is 0.147. The van der Waals surface area contributed by atoms with Crippen LogP contribution in [0.4, 0.5) is 10.1 Å². The Bertz CT molecular complexity index is 622. The maximum atomic E-state index is 13.1. The summed E-state index contributed by atoms with van der Waals surface area (Å²) in [5.41, 5.74) is 3.21. The molecule has 0 atom stereocenters. The normalized spacial score (nSPS) is 12.9. The summed E-state index contributed by atoms with van der Waals surface area (Å²) in [6, 6.07) is 11.4. The van der Waals surface area contributed by atoms with Gasteiger partial charge in [-0.25, -0.2) is 4.39 Å². The monoisotopic (exact) mass is 241 g/mol. The molecule has 0 fully saturated rings. The number of carbonyl (C=O) groups excluding carboxylic acids is 1. The fraction of sp³-hybridized carbons (Fsp3) is 0.133. The summed E-state index contributed by atoms with van der Waals surface area (Å²) in [5, 5.41) is 3.23. The molecule has 18 heavy (non-hydrogen) atoms. The molecule has 1 aliphatic rings. The van der Waals surface area contributed by atoms with Gasteiger partial charge in [0.15, 0.2) is 5.78 Å². The van der Waals surface area contributed by atoms with Gasteiger partial charge in [-0.15, -0.1) is 0 Å². The quantitative estimate of drug-likeness (QED) is 0.819. The van der Waals surface area contributed by atoms with Gasteiger partial charge in [0.2, 0.25) is 0 Å². The Kier molecular flexibility index (Phi) is 2.59. The van der Waals surface area contributed by atoms with Crippen LogP contribution in [0.15, 0.2) is 42.5 Å². The van der Waals surface area contributed by atoms with Crippen molar-refractivity contribution in [3.63, 3.8) is 0 Å². The highest BCUT2D eigenvalue weighted by Crippen LogP contribution is 2.24. The number of fused-ring (bicyclic) bond motifs is 1. The fourth-order valence-corrected chi connectivity index (χ4v) is 2.23. The molecule has 0 spiro atoms. The molecule has 2 aromatic carbocycles. The smallest absolute Gasteiger partial charge is 0.193 e. The number of carbonyl (C=O) groups is 1. The van der Waals surface area contributed by atoms with Gasteiger partial charge in [-0.2, -0.15) is 0 Å². The van der Waals surface area contributed by atoms with Crippen molar-refractivity contribution >= 4 is 11.5 Å². The SMILES string of the molecule is O=C(c1cccc(F)c1)c1ccc2c(c1)NCC2. The number of benzene rings is 2. The summed E-state index contributed by atoms with van der Waals surface area (Å²) in [7, 11) is 0. The Morgan fingerprint density at radius 1 is 1.11 bits per heavy atom. The summed E-state index contributed by atoms with van der Waals surface area (Å²) in [6.07, 6.45) is 0.990. The zero-order valence-electron chi connectivity index (χ0n) is 9.74. The van der Waals surface area contributed by atoms with Gasteiger partial charge in [0.1, 0.15) is 5.82 Å². The molecule has 2 aromatic rings. The minimum Gasteiger partial charge on any atom is -0.384 e. The first-order valence-electron chi connectivity index (χ1n) is 5.91. The Morgan fingerprint density at radius 2 is 1.94 bits per heavy atom. The van der Waals surface area contributed by atoms with E-state index in [0.29, 0.717) is 11.1 Å². The Labute approximate surface area is 104 Å². The van der Waals surface area contributed by atoms with Crippen LogP contribution in [0.1, 0.15) is 21.5 Å². The van der Waals surface area contributed by atoms with Crippen molar-refractivity contribution in [2.24, 2.45) is 0 Å². The fourth-order valence-electron chi connectivity index (χ4n) is 2.23. The molecule has 1 N–H and O–H groups in total. The van der Waals surface area contributed by atoms with Crippen LogP contribution < -0.4 is 5.32 Å². The molecular weight excluding hydrogens is 229 g/mol. The summed E-state index contributed by atoms with van der Waals surface area (Å²) in [5.74, 6) is -0.536. The van der Waals surface area contributed by atoms with Gasteiger partial charge in [0.05, 0.1) is 0 Å². The number of halogens is 1. The third-order valence-corrected chi connectivity index (χ3v) is 3.17. The van der Waals surface area contributed by atoms with Gasteiger partial charge >= 0.3 is 0 Å². The lowest BCUT2D eigenvalue weighted by Crippen LogP contribution is -2.02. The highest BCUT2D eigenvalue weighted by atomic mass is 19.1. The molecular formula is C15H12FNO. The van der Waals surface area contributed by atoms with E-state index in [1.807, 2.05) is 12.1 Å². The van der Waals surface area contributed by atoms with E-state index in [1.165, 1.54) is 17.7 Å². The van der Waals surface area contributed by atoms with Crippen molar-refractivity contribution in [3.8, 4) is 0 Å². The van der Waals surface area contributed by atoms with Crippen LogP contribution in [-0.4, -0.2) is 12.3 Å². The van der Waals surface area contributed by atoms with E-state index in [4.69, 9.17) is 0 Å². The van der Waals surface area contributed by atoms with E-state index < -0.39 is 0 Å². The van der Waals surface area contributed by atoms with E-state index in [1.54, 1.807) is 18.2 Å². The molecule has 0 aromatic heterocycles. The lowest BCUT2D eigenvalue weighted by Gasteiger charge is -2.05. The highest BCUT2D eigenvalue weighted by Gasteiger charge is 2.14. The molecule has 3 heteroatoms. The molecule has 0 radical (unpaired) electrons. The van der Waals surface area contributed by atoms with Crippen LogP contribution in [0.5, 0.6) is 0 Å². The van der Waals surface area contributed by atoms with Crippen molar-refractivity contribution in [1.82, 2.24) is 0 Å². The second kappa shape index (κ2) is 4.26. The van der Waals surface area contributed by atoms with Crippen LogP contribution in [0.25, 0.3) is 0 Å². The van der Waals surface area contributed by atoms with Crippen molar-refractivity contribution < 1.29 is 9.18 Å². The number of ketones is 1. The average Bonchev–Trinajstić information content (AvgIpc) is 2.85. The molecule has 3 rings (SSSR count). The first-order valence-corrected chi connectivity index (χ1v) is 5.91. The number of nitrogens with one attached hydrogen (secondary N) is 1. The molecule has 0 amide bonds. The van der Waals surface area contributed by atoms with E-state index in [9.17, 15) is 9.18 Å². The van der Waals surface area contributed by atoms with Gasteiger partial charge in [0.25, 0.3) is 0 Å². The van der Waals surface area contributed by atoms with E-state index in [2.05, 4.69) is 5.32 Å². The second-order valence-corrected chi connectivity index (χ2v) is 4.39. The van der Waals surface area contributed by atoms with Gasteiger partial charge < -0.3 is 5.32 Å². The Morgan fingerprint density at radius 3 is 2.78 bits per heavy atom. The van der Waals surface area contributed by atoms with Crippen molar-refractivity contribution in [3.05, 3.63) is 65.0 Å². The van der Waals surface area contributed by atoms with Crippen molar-refractivity contribution in [2.75, 3.05) is 11.9 Å². The minimum atomic E-state index is -0.389. The molecule has 0 saturated carbocycles. The first-order chi connectivity index (χ1) is 8.74. The van der Waals surface area contributed by atoms with Crippen LogP contribution in [0.2, 0.25) is 0 Å². The summed E-state index contributed by atoms with van der Waals surface area (Å²) >= 11 is 0. The third-order valence-electron chi connectivity index (χ3n) is 3.17. The van der Waals surface area contributed by atoms with Gasteiger partial charge in [-0.3, -0.25) is 4.79 Å². The Hall–Kier alpha value is -2.16. The largest absolute Gasteiger partial charge is 0.384 e. The van der Waals surface area contributed by atoms with Crippen molar-refractivity contribution in [1.29, 1.82) is 0 Å².